The second-order valence-electron chi connectivity index (χ2n) is 8.11. The molecular weight excluding hydrogens is 458 g/mol. The molecule has 1 atom stereocenters. The second-order valence-corrected chi connectivity index (χ2v) is 10.0. The number of nitrogens with one attached hydrogen (secondary N) is 1. The van der Waals surface area contributed by atoms with Crippen molar-refractivity contribution in [3.8, 4) is 21.7 Å². The van der Waals surface area contributed by atoms with E-state index < -0.39 is 0 Å². The third kappa shape index (κ3) is 3.81. The van der Waals surface area contributed by atoms with Gasteiger partial charge >= 0.3 is 0 Å². The highest BCUT2D eigenvalue weighted by atomic mass is 32.1. The highest BCUT2D eigenvalue weighted by molar-refractivity contribution is 7.13. The van der Waals surface area contributed by atoms with Crippen LogP contribution >= 0.6 is 22.7 Å². The predicted octanol–water partition coefficient (Wildman–Crippen LogP) is 7.19. The van der Waals surface area contributed by atoms with Crippen LogP contribution in [0.5, 0.6) is 0 Å². The van der Waals surface area contributed by atoms with Crippen molar-refractivity contribution in [2.45, 2.75) is 12.5 Å². The van der Waals surface area contributed by atoms with E-state index in [1.165, 1.54) is 4.88 Å². The molecule has 0 fully saturated rings. The monoisotopic (exact) mass is 479 g/mol. The molecule has 0 aliphatic carbocycles. The highest BCUT2D eigenvalue weighted by Gasteiger charge is 2.33. The first kappa shape index (κ1) is 20.8. The number of pyridine rings is 1. The smallest absolute Gasteiger partial charge is 0.258 e. The van der Waals surface area contributed by atoms with Gasteiger partial charge in [-0.1, -0.05) is 60.7 Å². The third-order valence-electron chi connectivity index (χ3n) is 6.00. The lowest BCUT2D eigenvalue weighted by Crippen LogP contribution is -2.20. The summed E-state index contributed by atoms with van der Waals surface area (Å²) >= 11 is 3.34. The molecule has 5 aromatic rings. The summed E-state index contributed by atoms with van der Waals surface area (Å²) in [6, 6.07) is 30.7. The van der Waals surface area contributed by atoms with Crippen LogP contribution in [0.4, 0.5) is 5.69 Å². The van der Waals surface area contributed by atoms with Gasteiger partial charge in [-0.15, -0.1) is 22.7 Å². The van der Waals surface area contributed by atoms with Gasteiger partial charge < -0.3 is 4.98 Å². The summed E-state index contributed by atoms with van der Waals surface area (Å²) < 4.78 is 0. The molecule has 4 heterocycles. The van der Waals surface area contributed by atoms with Crippen molar-refractivity contribution < 1.29 is 0 Å². The van der Waals surface area contributed by atoms with E-state index in [1.807, 2.05) is 53.9 Å². The third-order valence-corrected chi connectivity index (χ3v) is 7.87. The molecule has 1 N–H and O–H groups in total. The van der Waals surface area contributed by atoms with E-state index in [4.69, 9.17) is 5.10 Å². The number of hydrogen-bond acceptors (Lipinski definition) is 5. The Morgan fingerprint density at radius 3 is 2.29 bits per heavy atom. The Morgan fingerprint density at radius 1 is 0.853 bits per heavy atom. The number of nitrogens with zero attached hydrogens (tertiary/aromatic N) is 2. The molecule has 2 aromatic carbocycles. The van der Waals surface area contributed by atoms with Crippen LogP contribution in [0.25, 0.3) is 21.7 Å². The van der Waals surface area contributed by atoms with E-state index in [-0.39, 0.29) is 11.6 Å². The maximum atomic E-state index is 13.6. The number of hydrogen-bond donors (Lipinski definition) is 1. The second kappa shape index (κ2) is 8.89. The van der Waals surface area contributed by atoms with Crippen molar-refractivity contribution in [2.75, 3.05) is 5.01 Å². The molecule has 6 rings (SSSR count). The van der Waals surface area contributed by atoms with Gasteiger partial charge in [0.05, 0.1) is 33.6 Å². The molecule has 166 valence electrons. The number of aromatic nitrogens is 1. The molecule has 0 saturated heterocycles. The molecule has 3 aromatic heterocycles. The fraction of sp³-hybridized carbons (Fsp3) is 0.0714. The molecule has 6 heteroatoms. The molecule has 1 aliphatic heterocycles. The summed E-state index contributed by atoms with van der Waals surface area (Å²) in [6.07, 6.45) is 0.663. The van der Waals surface area contributed by atoms with Crippen molar-refractivity contribution >= 4 is 34.1 Å². The Kier molecular flexibility index (Phi) is 5.45. The molecule has 34 heavy (non-hydrogen) atoms. The number of para-hydroxylation sites is 1. The van der Waals surface area contributed by atoms with Crippen LogP contribution < -0.4 is 10.6 Å². The number of aromatic amines is 1. The lowest BCUT2D eigenvalue weighted by Gasteiger charge is -2.22. The summed E-state index contributed by atoms with van der Waals surface area (Å²) in [4.78, 5) is 19.0. The molecular formula is C28H21N3OS2. The average Bonchev–Trinajstić information content (AvgIpc) is 3.66. The average molecular weight is 480 g/mol. The van der Waals surface area contributed by atoms with E-state index in [1.54, 1.807) is 22.7 Å². The lowest BCUT2D eigenvalue weighted by molar-refractivity contribution is 0.722. The van der Waals surface area contributed by atoms with Crippen molar-refractivity contribution in [3.63, 3.8) is 0 Å². The number of benzene rings is 2. The summed E-state index contributed by atoms with van der Waals surface area (Å²) in [7, 11) is 0. The van der Waals surface area contributed by atoms with E-state index in [9.17, 15) is 4.79 Å². The Labute approximate surface area is 205 Å². The summed E-state index contributed by atoms with van der Waals surface area (Å²) in [6.45, 7) is 0. The van der Waals surface area contributed by atoms with Crippen molar-refractivity contribution in [2.24, 2.45) is 5.10 Å². The Morgan fingerprint density at radius 2 is 1.59 bits per heavy atom. The molecule has 0 radical (unpaired) electrons. The van der Waals surface area contributed by atoms with Crippen LogP contribution in [-0.2, 0) is 0 Å². The van der Waals surface area contributed by atoms with Gasteiger partial charge in [0.2, 0.25) is 0 Å². The van der Waals surface area contributed by atoms with Crippen LogP contribution in [0.15, 0.2) is 112 Å². The topological polar surface area (TPSA) is 48.5 Å². The SMILES string of the molecule is O=c1[nH]c(-c2cccs2)cc(-c2ccccc2)c1C1=NN(c2ccccc2)C(c2cccs2)C1. The summed E-state index contributed by atoms with van der Waals surface area (Å²) in [5, 5.41) is 11.2. The van der Waals surface area contributed by atoms with Gasteiger partial charge in [-0.05, 0) is 52.2 Å². The van der Waals surface area contributed by atoms with Crippen molar-refractivity contribution in [1.29, 1.82) is 0 Å². The first-order valence-corrected chi connectivity index (χ1v) is 12.9. The molecule has 0 bridgehead atoms. The largest absolute Gasteiger partial charge is 0.321 e. The molecule has 1 unspecified atom stereocenters. The van der Waals surface area contributed by atoms with Crippen LogP contribution in [-0.4, -0.2) is 10.7 Å². The van der Waals surface area contributed by atoms with E-state index in [0.717, 1.165) is 33.1 Å². The van der Waals surface area contributed by atoms with Crippen molar-refractivity contribution in [3.05, 3.63) is 123 Å². The lowest BCUT2D eigenvalue weighted by atomic mass is 9.94. The maximum absolute atomic E-state index is 13.6. The zero-order valence-corrected chi connectivity index (χ0v) is 19.9. The molecule has 0 saturated carbocycles. The van der Waals surface area contributed by atoms with E-state index in [0.29, 0.717) is 12.0 Å². The van der Waals surface area contributed by atoms with Gasteiger partial charge in [-0.2, -0.15) is 5.10 Å². The number of thiophene rings is 2. The maximum Gasteiger partial charge on any atom is 0.258 e. The van der Waals surface area contributed by atoms with Crippen molar-refractivity contribution in [1.82, 2.24) is 4.98 Å². The number of H-pyrrole nitrogens is 1. The summed E-state index contributed by atoms with van der Waals surface area (Å²) in [5.74, 6) is 0. The van der Waals surface area contributed by atoms with Gasteiger partial charge in [0.1, 0.15) is 0 Å². The number of rotatable bonds is 5. The first-order chi connectivity index (χ1) is 16.8. The van der Waals surface area contributed by atoms with Crippen LogP contribution in [0.3, 0.4) is 0 Å². The Balaban J connectivity index is 1.53. The zero-order chi connectivity index (χ0) is 22.9. The van der Waals surface area contributed by atoms with Gasteiger partial charge in [0.25, 0.3) is 5.56 Å². The minimum absolute atomic E-state index is 0.0531. The first-order valence-electron chi connectivity index (χ1n) is 11.1. The van der Waals surface area contributed by atoms with E-state index in [2.05, 4.69) is 57.8 Å². The molecule has 4 nitrogen and oxygen atoms in total. The molecule has 1 aliphatic rings. The normalized spacial score (nSPS) is 15.5. The molecule has 0 amide bonds. The van der Waals surface area contributed by atoms with E-state index >= 15 is 0 Å². The number of hydrazone groups is 1. The van der Waals surface area contributed by atoms with Crippen LogP contribution in [0.2, 0.25) is 0 Å². The van der Waals surface area contributed by atoms with Gasteiger partial charge in [0, 0.05) is 11.3 Å². The quantitative estimate of drug-likeness (QED) is 0.290. The van der Waals surface area contributed by atoms with Gasteiger partial charge in [-0.3, -0.25) is 9.80 Å². The van der Waals surface area contributed by atoms with Crippen LogP contribution in [0.1, 0.15) is 22.9 Å². The fourth-order valence-electron chi connectivity index (χ4n) is 4.44. The van der Waals surface area contributed by atoms with Gasteiger partial charge in [0.15, 0.2) is 0 Å². The summed E-state index contributed by atoms with van der Waals surface area (Å²) in [5.41, 5.74) is 5.11. The minimum atomic E-state index is -0.108. The fourth-order valence-corrected chi connectivity index (χ4v) is 5.95. The minimum Gasteiger partial charge on any atom is -0.321 e. The Bertz CT molecular complexity index is 1490. The zero-order valence-electron chi connectivity index (χ0n) is 18.2. The predicted molar refractivity (Wildman–Crippen MR) is 143 cm³/mol. The molecule has 0 spiro atoms. The van der Waals surface area contributed by atoms with Crippen LogP contribution in [0, 0.1) is 0 Å². The van der Waals surface area contributed by atoms with Gasteiger partial charge in [-0.25, -0.2) is 0 Å². The highest BCUT2D eigenvalue weighted by Crippen LogP contribution is 2.39. The number of anilines is 1. The standard InChI is InChI=1S/C28H21N3OS2/c32-28-27(21(19-9-3-1-4-10-19)17-22(29-28)25-13-7-15-33-25)23-18-24(26-14-8-16-34-26)31(30-23)20-11-5-2-6-12-20/h1-17,24H,18H2,(H,29,32). The Hall–Kier alpha value is -3.74.